The molecule has 0 aromatic carbocycles. The first kappa shape index (κ1) is 15.5. The minimum absolute atomic E-state index is 0.259. The predicted octanol–water partition coefficient (Wildman–Crippen LogP) is 4.66. The van der Waals surface area contributed by atoms with Gasteiger partial charge in [-0.1, -0.05) is 15.9 Å². The fourth-order valence-electron chi connectivity index (χ4n) is 1.04. The molecule has 1 aromatic rings. The van der Waals surface area contributed by atoms with E-state index in [1.807, 2.05) is 0 Å². The number of halogens is 8. The third kappa shape index (κ3) is 3.74. The SMILES string of the molecule is FC(F)(F)Oc1cnc(C(F)(F)F)c(Br)c1CBr. The quantitative estimate of drug-likeness (QED) is 0.530. The molecule has 1 aromatic heterocycles. The van der Waals surface area contributed by atoms with Crippen molar-refractivity contribution in [2.75, 3.05) is 0 Å². The minimum Gasteiger partial charge on any atom is -0.404 e. The molecule has 0 spiro atoms. The molecule has 0 amide bonds. The van der Waals surface area contributed by atoms with Crippen molar-refractivity contribution in [2.24, 2.45) is 0 Å². The van der Waals surface area contributed by atoms with Gasteiger partial charge in [0.05, 0.1) is 10.7 Å². The molecule has 1 rings (SSSR count). The van der Waals surface area contributed by atoms with Crippen LogP contribution in [-0.2, 0) is 11.5 Å². The average molecular weight is 403 g/mol. The van der Waals surface area contributed by atoms with E-state index in [-0.39, 0.29) is 10.9 Å². The lowest BCUT2D eigenvalue weighted by molar-refractivity contribution is -0.275. The summed E-state index contributed by atoms with van der Waals surface area (Å²) in [5.41, 5.74) is -1.64. The highest BCUT2D eigenvalue weighted by molar-refractivity contribution is 9.10. The Hall–Kier alpha value is -0.510. The van der Waals surface area contributed by atoms with Gasteiger partial charge in [0.25, 0.3) is 0 Å². The van der Waals surface area contributed by atoms with E-state index in [9.17, 15) is 26.3 Å². The fraction of sp³-hybridized carbons (Fsp3) is 0.375. The lowest BCUT2D eigenvalue weighted by atomic mass is 10.2. The summed E-state index contributed by atoms with van der Waals surface area (Å²) in [6, 6.07) is 0. The molecule has 0 atom stereocenters. The Kier molecular flexibility index (Phi) is 4.52. The Morgan fingerprint density at radius 1 is 1.17 bits per heavy atom. The van der Waals surface area contributed by atoms with Gasteiger partial charge in [0.1, 0.15) is 0 Å². The Balaban J connectivity index is 3.30. The molecule has 0 aliphatic rings. The molecular formula is C8H3Br2F6NO. The van der Waals surface area contributed by atoms with Gasteiger partial charge in [-0.3, -0.25) is 0 Å². The Morgan fingerprint density at radius 3 is 2.11 bits per heavy atom. The van der Waals surface area contributed by atoms with Gasteiger partial charge in [-0.05, 0) is 15.9 Å². The molecule has 0 N–H and O–H groups in total. The number of nitrogens with zero attached hydrogens (tertiary/aromatic N) is 1. The predicted molar refractivity (Wildman–Crippen MR) is 56.3 cm³/mol. The summed E-state index contributed by atoms with van der Waals surface area (Å²) >= 11 is 5.37. The Labute approximate surface area is 114 Å². The highest BCUT2D eigenvalue weighted by atomic mass is 79.9. The molecular weight excluding hydrogens is 400 g/mol. The second-order valence-corrected chi connectivity index (χ2v) is 4.30. The standard InChI is InChI=1S/C8H3Br2F6NO/c9-1-3-4(18-8(14,15)16)2-17-6(5(3)10)7(11,12)13/h2H,1H2. The smallest absolute Gasteiger partial charge is 0.404 e. The van der Waals surface area contributed by atoms with Crippen LogP contribution in [0.3, 0.4) is 0 Å². The summed E-state index contributed by atoms with van der Waals surface area (Å²) in [6.07, 6.45) is -9.39. The summed E-state index contributed by atoms with van der Waals surface area (Å²) in [6.45, 7) is 0. The maximum absolute atomic E-state index is 12.5. The van der Waals surface area contributed by atoms with Gasteiger partial charge in [-0.25, -0.2) is 4.98 Å². The lowest BCUT2D eigenvalue weighted by Crippen LogP contribution is -2.19. The van der Waals surface area contributed by atoms with E-state index in [0.29, 0.717) is 6.20 Å². The van der Waals surface area contributed by atoms with Crippen molar-refractivity contribution < 1.29 is 31.1 Å². The van der Waals surface area contributed by atoms with E-state index in [1.54, 1.807) is 0 Å². The monoisotopic (exact) mass is 401 g/mol. The number of rotatable bonds is 2. The van der Waals surface area contributed by atoms with Crippen molar-refractivity contribution in [1.29, 1.82) is 0 Å². The van der Waals surface area contributed by atoms with E-state index >= 15 is 0 Å². The molecule has 0 aliphatic carbocycles. The third-order valence-corrected chi connectivity index (χ3v) is 3.12. The van der Waals surface area contributed by atoms with Crippen LogP contribution in [0.1, 0.15) is 11.3 Å². The van der Waals surface area contributed by atoms with Gasteiger partial charge in [0.15, 0.2) is 11.4 Å². The van der Waals surface area contributed by atoms with Crippen LogP contribution in [0.25, 0.3) is 0 Å². The normalized spacial score (nSPS) is 12.7. The second kappa shape index (κ2) is 5.24. The summed E-state index contributed by atoms with van der Waals surface area (Å²) < 4.78 is 76.4. The summed E-state index contributed by atoms with van der Waals surface area (Å²) in [5.74, 6) is -0.792. The zero-order valence-corrected chi connectivity index (χ0v) is 11.3. The number of aromatic nitrogens is 1. The van der Waals surface area contributed by atoms with Crippen LogP contribution in [0, 0.1) is 0 Å². The molecule has 0 unspecified atom stereocenters. The number of alkyl halides is 7. The van der Waals surface area contributed by atoms with Crippen LogP contribution < -0.4 is 4.74 Å². The van der Waals surface area contributed by atoms with Gasteiger partial charge in [0, 0.05) is 10.9 Å². The van der Waals surface area contributed by atoms with Crippen LogP contribution in [0.4, 0.5) is 26.3 Å². The van der Waals surface area contributed by atoms with E-state index in [1.165, 1.54) is 0 Å². The largest absolute Gasteiger partial charge is 0.573 e. The zero-order chi connectivity index (χ0) is 14.1. The van der Waals surface area contributed by atoms with Crippen LogP contribution in [0.2, 0.25) is 0 Å². The molecule has 0 aliphatic heterocycles. The number of hydrogen-bond acceptors (Lipinski definition) is 2. The van der Waals surface area contributed by atoms with Crippen LogP contribution in [0.15, 0.2) is 10.7 Å². The fourth-order valence-corrected chi connectivity index (χ4v) is 2.64. The Morgan fingerprint density at radius 2 is 1.72 bits per heavy atom. The molecule has 0 fully saturated rings. The lowest BCUT2D eigenvalue weighted by Gasteiger charge is -2.16. The van der Waals surface area contributed by atoms with Crippen LogP contribution >= 0.6 is 31.9 Å². The van der Waals surface area contributed by atoms with E-state index in [4.69, 9.17) is 0 Å². The zero-order valence-electron chi connectivity index (χ0n) is 8.16. The molecule has 0 saturated heterocycles. The van der Waals surface area contributed by atoms with Crippen LogP contribution in [-0.4, -0.2) is 11.3 Å². The van der Waals surface area contributed by atoms with Gasteiger partial charge in [-0.2, -0.15) is 13.2 Å². The maximum Gasteiger partial charge on any atom is 0.573 e. The van der Waals surface area contributed by atoms with Crippen molar-refractivity contribution in [3.63, 3.8) is 0 Å². The van der Waals surface area contributed by atoms with Gasteiger partial charge >= 0.3 is 12.5 Å². The Bertz CT molecular complexity index is 444. The molecule has 0 bridgehead atoms. The number of hydrogen-bond donors (Lipinski definition) is 0. The van der Waals surface area contributed by atoms with E-state index in [2.05, 4.69) is 41.6 Å². The van der Waals surface area contributed by atoms with E-state index in [0.717, 1.165) is 0 Å². The van der Waals surface area contributed by atoms with Gasteiger partial charge in [-0.15, -0.1) is 13.2 Å². The highest BCUT2D eigenvalue weighted by Gasteiger charge is 2.38. The number of pyridine rings is 1. The van der Waals surface area contributed by atoms with Crippen molar-refractivity contribution >= 4 is 31.9 Å². The first-order chi connectivity index (χ1) is 8.06. The maximum atomic E-state index is 12.5. The third-order valence-electron chi connectivity index (χ3n) is 1.71. The first-order valence-electron chi connectivity index (χ1n) is 4.12. The first-order valence-corrected chi connectivity index (χ1v) is 6.04. The molecule has 0 radical (unpaired) electrons. The summed E-state index contributed by atoms with van der Waals surface area (Å²) in [7, 11) is 0. The minimum atomic E-state index is -5.00. The molecule has 1 heterocycles. The molecule has 2 nitrogen and oxygen atoms in total. The second-order valence-electron chi connectivity index (χ2n) is 2.94. The molecule has 18 heavy (non-hydrogen) atoms. The van der Waals surface area contributed by atoms with Crippen molar-refractivity contribution in [3.8, 4) is 5.75 Å². The topological polar surface area (TPSA) is 22.1 Å². The molecule has 10 heteroatoms. The van der Waals surface area contributed by atoms with Crippen molar-refractivity contribution in [2.45, 2.75) is 17.9 Å². The summed E-state index contributed by atoms with van der Waals surface area (Å²) in [5, 5.41) is -0.259. The average Bonchev–Trinajstić information content (AvgIpc) is 2.13. The highest BCUT2D eigenvalue weighted by Crippen LogP contribution is 2.40. The number of ether oxygens (including phenoxy) is 1. The molecule has 0 saturated carbocycles. The molecule has 102 valence electrons. The van der Waals surface area contributed by atoms with Crippen molar-refractivity contribution in [3.05, 3.63) is 21.9 Å². The van der Waals surface area contributed by atoms with E-state index < -0.39 is 28.5 Å². The van der Waals surface area contributed by atoms with Gasteiger partial charge < -0.3 is 4.74 Å². The van der Waals surface area contributed by atoms with Crippen molar-refractivity contribution in [1.82, 2.24) is 4.98 Å². The summed E-state index contributed by atoms with van der Waals surface area (Å²) in [4.78, 5) is 2.92. The van der Waals surface area contributed by atoms with Gasteiger partial charge in [0.2, 0.25) is 0 Å². The van der Waals surface area contributed by atoms with Crippen LogP contribution in [0.5, 0.6) is 5.75 Å².